The van der Waals surface area contributed by atoms with Gasteiger partial charge in [0.15, 0.2) is 6.61 Å². The highest BCUT2D eigenvalue weighted by Gasteiger charge is 2.40. The van der Waals surface area contributed by atoms with Gasteiger partial charge in [-0.05, 0) is 48.3 Å². The molecule has 4 atom stereocenters. The summed E-state index contributed by atoms with van der Waals surface area (Å²) in [6.07, 6.45) is 12.3. The molecule has 1 aromatic rings. The molecular weight excluding hydrogens is 392 g/mol. The molecule has 3 aliphatic rings. The summed E-state index contributed by atoms with van der Waals surface area (Å²) in [7, 11) is 0. The molecule has 5 nitrogen and oxygen atoms in total. The van der Waals surface area contributed by atoms with Crippen molar-refractivity contribution in [3.05, 3.63) is 29.3 Å². The first-order chi connectivity index (χ1) is 15.2. The van der Waals surface area contributed by atoms with Crippen LogP contribution in [0.3, 0.4) is 0 Å². The van der Waals surface area contributed by atoms with Crippen LogP contribution in [0.2, 0.25) is 0 Å². The van der Waals surface area contributed by atoms with Gasteiger partial charge in [0, 0.05) is 6.42 Å². The molecule has 31 heavy (non-hydrogen) atoms. The summed E-state index contributed by atoms with van der Waals surface area (Å²) in [5, 5.41) is 0. The first kappa shape index (κ1) is 22.6. The lowest BCUT2D eigenvalue weighted by Crippen LogP contribution is -2.29. The monoisotopic (exact) mass is 430 g/mol. The molecule has 2 aliphatic heterocycles. The smallest absolute Gasteiger partial charge is 0.344 e. The summed E-state index contributed by atoms with van der Waals surface area (Å²) in [4.78, 5) is 12.1. The molecule has 0 bridgehead atoms. The zero-order valence-corrected chi connectivity index (χ0v) is 19.0. The highest BCUT2D eigenvalue weighted by Crippen LogP contribution is 2.42. The van der Waals surface area contributed by atoms with Gasteiger partial charge in [-0.25, -0.2) is 4.79 Å². The number of hydrogen-bond acceptors (Lipinski definition) is 5. The third-order valence-electron chi connectivity index (χ3n) is 7.13. The van der Waals surface area contributed by atoms with E-state index in [1.807, 2.05) is 12.1 Å². The van der Waals surface area contributed by atoms with Crippen molar-refractivity contribution in [2.45, 2.75) is 83.3 Å². The van der Waals surface area contributed by atoms with Crippen LogP contribution in [-0.4, -0.2) is 44.6 Å². The Bertz CT molecular complexity index is 712. The average Bonchev–Trinajstić information content (AvgIpc) is 3.43. The zero-order valence-electron chi connectivity index (χ0n) is 19.0. The van der Waals surface area contributed by atoms with E-state index in [4.69, 9.17) is 18.9 Å². The molecule has 172 valence electrons. The fraction of sp³-hybridized carbons (Fsp3) is 0.731. The minimum Gasteiger partial charge on any atom is -0.482 e. The van der Waals surface area contributed by atoms with Gasteiger partial charge in [0.25, 0.3) is 0 Å². The molecule has 0 radical (unpaired) electrons. The Morgan fingerprint density at radius 3 is 2.81 bits per heavy atom. The molecule has 2 heterocycles. The number of esters is 1. The second kappa shape index (κ2) is 11.3. The molecular formula is C26H38O5. The molecule has 1 aliphatic carbocycles. The van der Waals surface area contributed by atoms with E-state index in [-0.39, 0.29) is 18.7 Å². The number of benzene rings is 1. The molecule has 0 spiro atoms. The SMILES string of the molecule is CCCCCCCCC1OCC2Cc3c(cccc3OCC(=O)OC3CCOC3)CC21. The second-order valence-corrected chi connectivity index (χ2v) is 9.42. The Labute approximate surface area is 186 Å². The molecule has 2 fully saturated rings. The van der Waals surface area contributed by atoms with Crippen LogP contribution in [0.1, 0.15) is 69.4 Å². The van der Waals surface area contributed by atoms with E-state index in [9.17, 15) is 4.79 Å². The van der Waals surface area contributed by atoms with Gasteiger partial charge in [-0.15, -0.1) is 0 Å². The fourth-order valence-corrected chi connectivity index (χ4v) is 5.38. The molecule has 4 unspecified atom stereocenters. The Morgan fingerprint density at radius 1 is 1.10 bits per heavy atom. The predicted molar refractivity (Wildman–Crippen MR) is 119 cm³/mol. The van der Waals surface area contributed by atoms with Crippen molar-refractivity contribution >= 4 is 5.97 Å². The number of rotatable bonds is 11. The van der Waals surface area contributed by atoms with Gasteiger partial charge in [0.1, 0.15) is 11.9 Å². The average molecular weight is 431 g/mol. The quantitative estimate of drug-likeness (QED) is 0.370. The van der Waals surface area contributed by atoms with Crippen molar-refractivity contribution in [3.8, 4) is 5.75 Å². The maximum Gasteiger partial charge on any atom is 0.344 e. The first-order valence-corrected chi connectivity index (χ1v) is 12.4. The van der Waals surface area contributed by atoms with E-state index >= 15 is 0 Å². The van der Waals surface area contributed by atoms with Gasteiger partial charge >= 0.3 is 5.97 Å². The molecule has 0 N–H and O–H groups in total. The topological polar surface area (TPSA) is 54.0 Å². The normalized spacial score (nSPS) is 27.0. The number of unbranched alkanes of at least 4 members (excludes halogenated alkanes) is 5. The number of carbonyl (C=O) groups excluding carboxylic acids is 1. The molecule has 0 saturated carbocycles. The van der Waals surface area contributed by atoms with E-state index in [0.29, 0.717) is 31.2 Å². The first-order valence-electron chi connectivity index (χ1n) is 12.4. The van der Waals surface area contributed by atoms with Crippen LogP contribution in [-0.2, 0) is 31.8 Å². The minimum atomic E-state index is -0.315. The van der Waals surface area contributed by atoms with Gasteiger partial charge in [0.2, 0.25) is 0 Å². The van der Waals surface area contributed by atoms with Gasteiger partial charge in [-0.3, -0.25) is 0 Å². The number of hydrogen-bond donors (Lipinski definition) is 0. The maximum atomic E-state index is 12.1. The van der Waals surface area contributed by atoms with Crippen LogP contribution in [0.15, 0.2) is 18.2 Å². The number of carbonyl (C=O) groups is 1. The predicted octanol–water partition coefficient (Wildman–Crippen LogP) is 4.88. The third-order valence-corrected chi connectivity index (χ3v) is 7.13. The lowest BCUT2D eigenvalue weighted by atomic mass is 9.74. The minimum absolute atomic E-state index is 0.0434. The van der Waals surface area contributed by atoms with Crippen LogP contribution in [0, 0.1) is 11.8 Å². The van der Waals surface area contributed by atoms with Crippen molar-refractivity contribution in [3.63, 3.8) is 0 Å². The van der Waals surface area contributed by atoms with Crippen LogP contribution in [0.25, 0.3) is 0 Å². The Kier molecular flexibility index (Phi) is 8.26. The molecule has 0 amide bonds. The molecule has 1 aromatic carbocycles. The molecule has 4 rings (SSSR count). The Morgan fingerprint density at radius 2 is 1.97 bits per heavy atom. The van der Waals surface area contributed by atoms with Gasteiger partial charge in [0.05, 0.1) is 25.9 Å². The van der Waals surface area contributed by atoms with Crippen molar-refractivity contribution in [2.24, 2.45) is 11.8 Å². The van der Waals surface area contributed by atoms with Gasteiger partial charge in [-0.2, -0.15) is 0 Å². The summed E-state index contributed by atoms with van der Waals surface area (Å²) < 4.78 is 22.8. The van der Waals surface area contributed by atoms with Crippen molar-refractivity contribution in [1.29, 1.82) is 0 Å². The van der Waals surface area contributed by atoms with Crippen LogP contribution < -0.4 is 4.74 Å². The lowest BCUT2D eigenvalue weighted by Gasteiger charge is -2.30. The second-order valence-electron chi connectivity index (χ2n) is 9.42. The Hall–Kier alpha value is -1.59. The number of fused-ring (bicyclic) bond motifs is 2. The Balaban J connectivity index is 1.28. The highest BCUT2D eigenvalue weighted by atomic mass is 16.6. The van der Waals surface area contributed by atoms with Crippen molar-refractivity contribution in [2.75, 3.05) is 26.4 Å². The van der Waals surface area contributed by atoms with Crippen LogP contribution in [0.5, 0.6) is 5.75 Å². The standard InChI is InChI=1S/C26H38O5/c1-2-3-4-5-6-7-10-24-23-14-19-9-8-11-25(22(19)15-20(23)16-29-24)30-18-26(27)31-21-12-13-28-17-21/h8-9,11,20-21,23-24H,2-7,10,12-18H2,1H3. The zero-order chi connectivity index (χ0) is 21.5. The summed E-state index contributed by atoms with van der Waals surface area (Å²) in [5.74, 6) is 1.69. The van der Waals surface area contributed by atoms with Crippen LogP contribution >= 0.6 is 0 Å². The van der Waals surface area contributed by atoms with E-state index in [2.05, 4.69) is 13.0 Å². The summed E-state index contributed by atoms with van der Waals surface area (Å²) in [5.41, 5.74) is 2.61. The summed E-state index contributed by atoms with van der Waals surface area (Å²) >= 11 is 0. The summed E-state index contributed by atoms with van der Waals surface area (Å²) in [6.45, 7) is 4.23. The van der Waals surface area contributed by atoms with E-state index < -0.39 is 0 Å². The van der Waals surface area contributed by atoms with Gasteiger partial charge in [-0.1, -0.05) is 57.6 Å². The van der Waals surface area contributed by atoms with E-state index in [0.717, 1.165) is 31.6 Å². The van der Waals surface area contributed by atoms with E-state index in [1.54, 1.807) is 0 Å². The molecule has 5 heteroatoms. The fourth-order valence-electron chi connectivity index (χ4n) is 5.38. The molecule has 2 saturated heterocycles. The third kappa shape index (κ3) is 6.01. The lowest BCUT2D eigenvalue weighted by molar-refractivity contribution is -0.151. The van der Waals surface area contributed by atoms with E-state index in [1.165, 1.54) is 56.1 Å². The van der Waals surface area contributed by atoms with Crippen molar-refractivity contribution < 1.29 is 23.7 Å². The van der Waals surface area contributed by atoms with Crippen LogP contribution in [0.4, 0.5) is 0 Å². The molecule has 0 aromatic heterocycles. The van der Waals surface area contributed by atoms with Gasteiger partial charge < -0.3 is 18.9 Å². The number of ether oxygens (including phenoxy) is 4. The van der Waals surface area contributed by atoms with Crippen molar-refractivity contribution in [1.82, 2.24) is 0 Å². The summed E-state index contributed by atoms with van der Waals surface area (Å²) in [6, 6.07) is 6.24. The highest BCUT2D eigenvalue weighted by molar-refractivity contribution is 5.71. The maximum absolute atomic E-state index is 12.1. The largest absolute Gasteiger partial charge is 0.482 e.